The van der Waals surface area contributed by atoms with Gasteiger partial charge in [-0.15, -0.1) is 0 Å². The lowest BCUT2D eigenvalue weighted by atomic mass is 10.2. The Labute approximate surface area is 105 Å². The molecule has 16 heavy (non-hydrogen) atoms. The van der Waals surface area contributed by atoms with Crippen molar-refractivity contribution in [1.82, 2.24) is 4.90 Å². The summed E-state index contributed by atoms with van der Waals surface area (Å²) in [5.41, 5.74) is 2.07. The van der Waals surface area contributed by atoms with Crippen LogP contribution in [-0.2, 0) is 5.33 Å². The van der Waals surface area contributed by atoms with Crippen LogP contribution in [0.1, 0.15) is 5.56 Å². The van der Waals surface area contributed by atoms with E-state index in [-0.39, 0.29) is 5.82 Å². The molecular formula is C12H18BrFN2. The van der Waals surface area contributed by atoms with Crippen molar-refractivity contribution in [2.24, 2.45) is 0 Å². The highest BCUT2D eigenvalue weighted by molar-refractivity contribution is 9.08. The number of alkyl halides is 1. The summed E-state index contributed by atoms with van der Waals surface area (Å²) < 4.78 is 13.1. The Hall–Kier alpha value is -0.610. The van der Waals surface area contributed by atoms with E-state index in [4.69, 9.17) is 0 Å². The molecule has 0 atom stereocenters. The van der Waals surface area contributed by atoms with Crippen LogP contribution < -0.4 is 4.90 Å². The van der Waals surface area contributed by atoms with Gasteiger partial charge in [0.2, 0.25) is 0 Å². The van der Waals surface area contributed by atoms with E-state index in [0.29, 0.717) is 5.33 Å². The van der Waals surface area contributed by atoms with Crippen LogP contribution in [0.5, 0.6) is 0 Å². The van der Waals surface area contributed by atoms with E-state index in [1.54, 1.807) is 6.07 Å². The second kappa shape index (κ2) is 6.21. The predicted octanol–water partition coefficient (Wildman–Crippen LogP) is 2.72. The van der Waals surface area contributed by atoms with Crippen LogP contribution in [-0.4, -0.2) is 39.1 Å². The van der Waals surface area contributed by atoms with E-state index in [0.717, 1.165) is 24.3 Å². The summed E-state index contributed by atoms with van der Waals surface area (Å²) >= 11 is 3.39. The van der Waals surface area contributed by atoms with E-state index in [9.17, 15) is 4.39 Å². The first-order chi connectivity index (χ1) is 7.54. The van der Waals surface area contributed by atoms with Crippen LogP contribution in [0, 0.1) is 5.82 Å². The van der Waals surface area contributed by atoms with Crippen molar-refractivity contribution in [2.45, 2.75) is 5.33 Å². The normalized spacial score (nSPS) is 10.9. The predicted molar refractivity (Wildman–Crippen MR) is 70.9 cm³/mol. The van der Waals surface area contributed by atoms with Gasteiger partial charge in [-0.2, -0.15) is 0 Å². The Morgan fingerprint density at radius 2 is 1.88 bits per heavy atom. The van der Waals surface area contributed by atoms with Gasteiger partial charge in [0.25, 0.3) is 0 Å². The molecule has 0 aromatic heterocycles. The Kier molecular flexibility index (Phi) is 5.22. The van der Waals surface area contributed by atoms with Gasteiger partial charge in [0, 0.05) is 31.2 Å². The molecule has 90 valence electrons. The van der Waals surface area contributed by atoms with Crippen molar-refractivity contribution in [3.63, 3.8) is 0 Å². The van der Waals surface area contributed by atoms with Gasteiger partial charge in [0.1, 0.15) is 5.82 Å². The maximum atomic E-state index is 13.1. The molecule has 0 fully saturated rings. The van der Waals surface area contributed by atoms with Crippen molar-refractivity contribution in [3.8, 4) is 0 Å². The molecule has 1 aromatic carbocycles. The highest BCUT2D eigenvalue weighted by Crippen LogP contribution is 2.22. The summed E-state index contributed by atoms with van der Waals surface area (Å²) in [7, 11) is 6.12. The lowest BCUT2D eigenvalue weighted by Gasteiger charge is -2.23. The minimum atomic E-state index is -0.181. The summed E-state index contributed by atoms with van der Waals surface area (Å²) in [6.07, 6.45) is 0. The standard InChI is InChI=1S/C12H18BrFN2/c1-15(2)6-7-16(3)12-5-4-11(14)8-10(12)9-13/h4-5,8H,6-7,9H2,1-3H3. The lowest BCUT2D eigenvalue weighted by molar-refractivity contribution is 0.416. The molecule has 0 aliphatic carbocycles. The monoisotopic (exact) mass is 288 g/mol. The topological polar surface area (TPSA) is 6.48 Å². The fourth-order valence-electron chi connectivity index (χ4n) is 1.50. The summed E-state index contributed by atoms with van der Waals surface area (Å²) in [5.74, 6) is -0.181. The van der Waals surface area contributed by atoms with E-state index in [2.05, 4.69) is 25.7 Å². The average Bonchev–Trinajstić information content (AvgIpc) is 2.25. The van der Waals surface area contributed by atoms with Crippen LogP contribution >= 0.6 is 15.9 Å². The Bertz CT molecular complexity index is 342. The fourth-order valence-corrected chi connectivity index (χ4v) is 1.95. The lowest BCUT2D eigenvalue weighted by Crippen LogP contribution is -2.29. The summed E-state index contributed by atoms with van der Waals surface area (Å²) in [4.78, 5) is 4.28. The zero-order valence-electron chi connectivity index (χ0n) is 10.0. The number of halogens is 2. The zero-order chi connectivity index (χ0) is 12.1. The van der Waals surface area contributed by atoms with Gasteiger partial charge >= 0.3 is 0 Å². The van der Waals surface area contributed by atoms with Gasteiger partial charge in [0.15, 0.2) is 0 Å². The molecule has 0 spiro atoms. The summed E-state index contributed by atoms with van der Waals surface area (Å²) in [6, 6.07) is 4.92. The fraction of sp³-hybridized carbons (Fsp3) is 0.500. The second-order valence-corrected chi connectivity index (χ2v) is 4.69. The first-order valence-electron chi connectivity index (χ1n) is 5.25. The molecule has 2 nitrogen and oxygen atoms in total. The largest absolute Gasteiger partial charge is 0.373 e. The van der Waals surface area contributed by atoms with Crippen LogP contribution in [0.3, 0.4) is 0 Å². The minimum Gasteiger partial charge on any atom is -0.373 e. The summed E-state index contributed by atoms with van der Waals surface area (Å²) in [6.45, 7) is 1.91. The molecule has 0 unspecified atom stereocenters. The third-order valence-corrected chi connectivity index (χ3v) is 3.08. The maximum absolute atomic E-state index is 13.1. The molecule has 1 aromatic rings. The molecule has 1 rings (SSSR count). The molecule has 0 aliphatic heterocycles. The number of anilines is 1. The van der Waals surface area contributed by atoms with Gasteiger partial charge in [0.05, 0.1) is 0 Å². The van der Waals surface area contributed by atoms with Gasteiger partial charge < -0.3 is 9.80 Å². The van der Waals surface area contributed by atoms with E-state index >= 15 is 0 Å². The highest BCUT2D eigenvalue weighted by atomic mass is 79.9. The van der Waals surface area contributed by atoms with Gasteiger partial charge in [-0.1, -0.05) is 15.9 Å². The number of benzene rings is 1. The molecule has 0 radical (unpaired) electrons. The van der Waals surface area contributed by atoms with Gasteiger partial charge in [-0.25, -0.2) is 4.39 Å². The number of hydrogen-bond donors (Lipinski definition) is 0. The van der Waals surface area contributed by atoms with Crippen LogP contribution in [0.15, 0.2) is 18.2 Å². The van der Waals surface area contributed by atoms with Gasteiger partial charge in [-0.3, -0.25) is 0 Å². The first kappa shape index (κ1) is 13.5. The molecule has 0 saturated carbocycles. The Morgan fingerprint density at radius 3 is 2.44 bits per heavy atom. The molecule has 0 bridgehead atoms. The molecular weight excluding hydrogens is 271 g/mol. The highest BCUT2D eigenvalue weighted by Gasteiger charge is 2.07. The van der Waals surface area contributed by atoms with Crippen molar-refractivity contribution < 1.29 is 4.39 Å². The zero-order valence-corrected chi connectivity index (χ0v) is 11.6. The first-order valence-corrected chi connectivity index (χ1v) is 6.37. The van der Waals surface area contributed by atoms with Crippen molar-refractivity contribution in [1.29, 1.82) is 0 Å². The average molecular weight is 289 g/mol. The Morgan fingerprint density at radius 1 is 1.19 bits per heavy atom. The summed E-state index contributed by atoms with van der Waals surface area (Å²) in [5, 5.41) is 0.673. The van der Waals surface area contributed by atoms with Crippen molar-refractivity contribution >= 4 is 21.6 Å². The van der Waals surface area contributed by atoms with Crippen LogP contribution in [0.25, 0.3) is 0 Å². The Balaban J connectivity index is 2.77. The molecule has 0 N–H and O–H groups in total. The van der Waals surface area contributed by atoms with Gasteiger partial charge in [-0.05, 0) is 37.9 Å². The number of hydrogen-bond acceptors (Lipinski definition) is 2. The second-order valence-electron chi connectivity index (χ2n) is 4.13. The maximum Gasteiger partial charge on any atom is 0.123 e. The molecule has 4 heteroatoms. The SMILES string of the molecule is CN(C)CCN(C)c1ccc(F)cc1CBr. The van der Waals surface area contributed by atoms with Crippen molar-refractivity contribution in [3.05, 3.63) is 29.6 Å². The number of rotatable bonds is 5. The third-order valence-electron chi connectivity index (χ3n) is 2.48. The quantitative estimate of drug-likeness (QED) is 0.769. The number of nitrogens with zero attached hydrogens (tertiary/aromatic N) is 2. The van der Waals surface area contributed by atoms with E-state index in [1.165, 1.54) is 6.07 Å². The third kappa shape index (κ3) is 3.76. The van der Waals surface area contributed by atoms with E-state index in [1.807, 2.05) is 27.2 Å². The van der Waals surface area contributed by atoms with Crippen molar-refractivity contribution in [2.75, 3.05) is 39.1 Å². The van der Waals surface area contributed by atoms with E-state index < -0.39 is 0 Å². The molecule has 0 heterocycles. The van der Waals surface area contributed by atoms with Crippen LogP contribution in [0.4, 0.5) is 10.1 Å². The number of likely N-dealkylation sites (N-methyl/N-ethyl adjacent to an activating group) is 2. The molecule has 0 amide bonds. The smallest absolute Gasteiger partial charge is 0.123 e. The molecule has 0 saturated heterocycles. The molecule has 0 aliphatic rings. The van der Waals surface area contributed by atoms with Crippen LogP contribution in [0.2, 0.25) is 0 Å². The minimum absolute atomic E-state index is 0.181.